The topological polar surface area (TPSA) is 73.8 Å². The van der Waals surface area contributed by atoms with E-state index in [0.717, 1.165) is 32.1 Å². The fraction of sp³-hybridized carbons (Fsp3) is 0.158. The maximum Gasteiger partial charge on any atom is 0.336 e. The normalized spacial score (nSPS) is 11.2. The molecular formula is C19H15BrN4O2. The number of aromatic nitrogens is 4. The zero-order chi connectivity index (χ0) is 18.3. The molecule has 0 aliphatic rings. The van der Waals surface area contributed by atoms with Crippen LogP contribution in [-0.2, 0) is 6.54 Å². The van der Waals surface area contributed by atoms with Crippen molar-refractivity contribution in [2.24, 2.45) is 0 Å². The molecule has 6 nitrogen and oxygen atoms in total. The van der Waals surface area contributed by atoms with Gasteiger partial charge in [0.25, 0.3) is 0 Å². The highest BCUT2D eigenvalue weighted by Gasteiger charge is 2.12. The molecule has 2 aromatic heterocycles. The second-order valence-electron chi connectivity index (χ2n) is 6.15. The minimum atomic E-state index is -0.387. The van der Waals surface area contributed by atoms with Crippen LogP contribution in [0.25, 0.3) is 22.4 Å². The van der Waals surface area contributed by atoms with Gasteiger partial charge in [0.05, 0.1) is 6.54 Å². The third-order valence-corrected chi connectivity index (χ3v) is 5.02. The summed E-state index contributed by atoms with van der Waals surface area (Å²) in [6.45, 7) is 4.36. The van der Waals surface area contributed by atoms with Crippen LogP contribution in [0, 0.1) is 13.8 Å². The molecule has 2 aromatic carbocycles. The van der Waals surface area contributed by atoms with Crippen molar-refractivity contribution in [1.29, 1.82) is 0 Å². The second-order valence-corrected chi connectivity index (χ2v) is 7.00. The van der Waals surface area contributed by atoms with Crippen LogP contribution in [0.4, 0.5) is 0 Å². The molecule has 0 amide bonds. The number of aryl methyl sites for hydroxylation is 2. The first kappa shape index (κ1) is 16.7. The smallest absolute Gasteiger partial charge is 0.336 e. The van der Waals surface area contributed by atoms with E-state index in [-0.39, 0.29) is 5.63 Å². The number of halogens is 1. The zero-order valence-corrected chi connectivity index (χ0v) is 15.8. The SMILES string of the molecule is Cc1cc2oc(=O)cc(Cn3nnc(-c4ccccc4Br)n3)c2cc1C. The predicted octanol–water partition coefficient (Wildman–Crippen LogP) is 3.87. The molecule has 0 atom stereocenters. The Morgan fingerprint density at radius 2 is 1.88 bits per heavy atom. The summed E-state index contributed by atoms with van der Waals surface area (Å²) in [5.74, 6) is 0.525. The number of tetrazole rings is 1. The van der Waals surface area contributed by atoms with E-state index in [2.05, 4.69) is 31.3 Å². The Morgan fingerprint density at radius 1 is 1.12 bits per heavy atom. The van der Waals surface area contributed by atoms with Crippen LogP contribution < -0.4 is 5.63 Å². The lowest BCUT2D eigenvalue weighted by Crippen LogP contribution is -2.08. The highest BCUT2D eigenvalue weighted by molar-refractivity contribution is 9.10. The average molecular weight is 411 g/mol. The minimum Gasteiger partial charge on any atom is -0.423 e. The molecule has 0 N–H and O–H groups in total. The Kier molecular flexibility index (Phi) is 4.16. The molecule has 4 aromatic rings. The van der Waals surface area contributed by atoms with Gasteiger partial charge in [0.2, 0.25) is 5.82 Å². The van der Waals surface area contributed by atoms with Gasteiger partial charge in [0.1, 0.15) is 5.58 Å². The van der Waals surface area contributed by atoms with Crippen LogP contribution in [0.15, 0.2) is 56.1 Å². The van der Waals surface area contributed by atoms with Crippen LogP contribution in [0.3, 0.4) is 0 Å². The minimum absolute atomic E-state index is 0.335. The lowest BCUT2D eigenvalue weighted by atomic mass is 10.0. The van der Waals surface area contributed by atoms with Crippen LogP contribution in [0.1, 0.15) is 16.7 Å². The Morgan fingerprint density at radius 3 is 2.69 bits per heavy atom. The fourth-order valence-corrected chi connectivity index (χ4v) is 3.29. The van der Waals surface area contributed by atoms with Crippen LogP contribution in [0.5, 0.6) is 0 Å². The van der Waals surface area contributed by atoms with Gasteiger partial charge in [0.15, 0.2) is 0 Å². The van der Waals surface area contributed by atoms with E-state index in [4.69, 9.17) is 4.42 Å². The zero-order valence-electron chi connectivity index (χ0n) is 14.2. The molecule has 0 fully saturated rings. The number of rotatable bonds is 3. The van der Waals surface area contributed by atoms with E-state index in [1.54, 1.807) is 0 Å². The van der Waals surface area contributed by atoms with Gasteiger partial charge in [-0.25, -0.2) is 4.79 Å². The van der Waals surface area contributed by atoms with E-state index >= 15 is 0 Å². The molecule has 0 aliphatic carbocycles. The number of hydrogen-bond acceptors (Lipinski definition) is 5. The molecule has 0 bridgehead atoms. The molecular weight excluding hydrogens is 396 g/mol. The lowest BCUT2D eigenvalue weighted by molar-refractivity contribution is 0.545. The molecule has 0 unspecified atom stereocenters. The summed E-state index contributed by atoms with van der Waals surface area (Å²) in [6.07, 6.45) is 0. The molecule has 0 spiro atoms. The largest absolute Gasteiger partial charge is 0.423 e. The van der Waals surface area contributed by atoms with Gasteiger partial charge < -0.3 is 4.42 Å². The first-order chi connectivity index (χ1) is 12.5. The highest BCUT2D eigenvalue weighted by atomic mass is 79.9. The van der Waals surface area contributed by atoms with Crippen molar-refractivity contribution in [1.82, 2.24) is 20.2 Å². The molecule has 0 aliphatic heterocycles. The molecule has 7 heteroatoms. The van der Waals surface area contributed by atoms with Gasteiger partial charge in [-0.05, 0) is 60.0 Å². The summed E-state index contributed by atoms with van der Waals surface area (Å²) in [5, 5.41) is 13.6. The van der Waals surface area contributed by atoms with Crippen molar-refractivity contribution in [3.05, 3.63) is 74.0 Å². The van der Waals surface area contributed by atoms with Gasteiger partial charge >= 0.3 is 5.63 Å². The van der Waals surface area contributed by atoms with Crippen LogP contribution >= 0.6 is 15.9 Å². The Hall–Kier alpha value is -2.80. The summed E-state index contributed by atoms with van der Waals surface area (Å²) in [4.78, 5) is 13.4. The van der Waals surface area contributed by atoms with Crippen molar-refractivity contribution in [3.63, 3.8) is 0 Å². The van der Waals surface area contributed by atoms with Gasteiger partial charge in [0, 0.05) is 21.5 Å². The van der Waals surface area contributed by atoms with Crippen LogP contribution in [0.2, 0.25) is 0 Å². The number of benzene rings is 2. The van der Waals surface area contributed by atoms with E-state index in [1.807, 2.05) is 50.2 Å². The summed E-state index contributed by atoms with van der Waals surface area (Å²) in [5.41, 5.74) is 4.06. The van der Waals surface area contributed by atoms with E-state index in [9.17, 15) is 4.79 Å². The Labute approximate surface area is 157 Å². The quantitative estimate of drug-likeness (QED) is 0.479. The highest BCUT2D eigenvalue weighted by Crippen LogP contribution is 2.25. The summed E-state index contributed by atoms with van der Waals surface area (Å²) < 4.78 is 6.24. The number of nitrogens with zero attached hydrogens (tertiary/aromatic N) is 4. The van der Waals surface area contributed by atoms with Crippen molar-refractivity contribution in [2.75, 3.05) is 0 Å². The molecule has 26 heavy (non-hydrogen) atoms. The van der Waals surface area contributed by atoms with E-state index in [0.29, 0.717) is 18.0 Å². The van der Waals surface area contributed by atoms with Crippen molar-refractivity contribution in [2.45, 2.75) is 20.4 Å². The molecule has 0 saturated carbocycles. The van der Waals surface area contributed by atoms with Gasteiger partial charge in [-0.2, -0.15) is 4.80 Å². The fourth-order valence-electron chi connectivity index (χ4n) is 2.83. The van der Waals surface area contributed by atoms with Gasteiger partial charge in [-0.3, -0.25) is 0 Å². The third-order valence-electron chi connectivity index (χ3n) is 4.32. The molecule has 2 heterocycles. The average Bonchev–Trinajstić information content (AvgIpc) is 3.05. The second kappa shape index (κ2) is 6.49. The molecule has 0 saturated heterocycles. The van der Waals surface area contributed by atoms with Crippen molar-refractivity contribution < 1.29 is 4.42 Å². The Bertz CT molecular complexity index is 1180. The Balaban J connectivity index is 1.76. The summed E-state index contributed by atoms with van der Waals surface area (Å²) >= 11 is 3.50. The molecule has 130 valence electrons. The van der Waals surface area contributed by atoms with E-state index in [1.165, 1.54) is 10.9 Å². The van der Waals surface area contributed by atoms with Gasteiger partial charge in [-0.15, -0.1) is 10.2 Å². The molecule has 0 radical (unpaired) electrons. The monoisotopic (exact) mass is 410 g/mol. The third kappa shape index (κ3) is 3.06. The van der Waals surface area contributed by atoms with Crippen molar-refractivity contribution >= 4 is 26.9 Å². The molecule has 4 rings (SSSR count). The maximum absolute atomic E-state index is 11.9. The van der Waals surface area contributed by atoms with E-state index < -0.39 is 0 Å². The maximum atomic E-state index is 11.9. The van der Waals surface area contributed by atoms with Crippen molar-refractivity contribution in [3.8, 4) is 11.4 Å². The standard InChI is InChI=1S/C19H15BrN4O2/c1-11-7-15-13(9-18(25)26-17(15)8-12(11)2)10-24-22-19(21-23-24)14-5-3-4-6-16(14)20/h3-9H,10H2,1-2H3. The first-order valence-corrected chi connectivity index (χ1v) is 8.87. The van der Waals surface area contributed by atoms with Crippen LogP contribution in [-0.4, -0.2) is 20.2 Å². The number of hydrogen-bond donors (Lipinski definition) is 0. The lowest BCUT2D eigenvalue weighted by Gasteiger charge is -2.07. The predicted molar refractivity (Wildman–Crippen MR) is 102 cm³/mol. The first-order valence-electron chi connectivity index (χ1n) is 8.08. The number of fused-ring (bicyclic) bond motifs is 1. The summed E-state index contributed by atoms with van der Waals surface area (Å²) in [7, 11) is 0. The summed E-state index contributed by atoms with van der Waals surface area (Å²) in [6, 6.07) is 13.1. The van der Waals surface area contributed by atoms with Gasteiger partial charge in [-0.1, -0.05) is 28.1 Å².